The second kappa shape index (κ2) is 7.51. The van der Waals surface area contributed by atoms with Gasteiger partial charge in [0.25, 0.3) is 5.91 Å². The quantitative estimate of drug-likeness (QED) is 0.414. The van der Waals surface area contributed by atoms with Gasteiger partial charge in [-0.1, -0.05) is 5.16 Å². The molecule has 0 aromatic carbocycles. The summed E-state index contributed by atoms with van der Waals surface area (Å²) in [5.41, 5.74) is 3.54. The van der Waals surface area contributed by atoms with Crippen molar-refractivity contribution in [3.63, 3.8) is 0 Å². The maximum Gasteiger partial charge on any atom is 0.278 e. The van der Waals surface area contributed by atoms with Crippen LogP contribution >= 0.6 is 0 Å². The Labute approximate surface area is 138 Å². The second-order valence-electron chi connectivity index (χ2n) is 5.14. The fourth-order valence-electron chi connectivity index (χ4n) is 2.56. The molecule has 0 aliphatic carbocycles. The molecule has 3 heterocycles. The van der Waals surface area contributed by atoms with Gasteiger partial charge in [-0.25, -0.2) is 0 Å². The Hall–Kier alpha value is -2.30. The lowest BCUT2D eigenvalue weighted by Crippen LogP contribution is -2.59. The van der Waals surface area contributed by atoms with Crippen LogP contribution in [-0.2, 0) is 19.0 Å². The van der Waals surface area contributed by atoms with Crippen molar-refractivity contribution < 1.29 is 28.6 Å². The third-order valence-corrected chi connectivity index (χ3v) is 3.60. The van der Waals surface area contributed by atoms with Gasteiger partial charge in [-0.2, -0.15) is 0 Å². The van der Waals surface area contributed by atoms with Crippen molar-refractivity contribution in [1.82, 2.24) is 9.58 Å². The number of rotatable bonds is 6. The molecule has 1 amide bonds. The first kappa shape index (κ1) is 16.6. The van der Waals surface area contributed by atoms with Gasteiger partial charge in [-0.05, 0) is 6.07 Å². The van der Waals surface area contributed by atoms with E-state index in [-0.39, 0.29) is 31.4 Å². The Bertz CT molecular complexity index is 661. The standard InChI is InChI=1S/C14H20N4O6/c1-20-8-23-13-10(16-24-9-21-2)3-4-18-12(13)14(19)17-5-6-22-7-11(17)15-18/h3-4,11,15H,5-9H2,1-2H3/b16-10+/t11-/m0/s1. The van der Waals surface area contributed by atoms with E-state index in [1.54, 1.807) is 21.8 Å². The fourth-order valence-corrected chi connectivity index (χ4v) is 2.56. The van der Waals surface area contributed by atoms with E-state index >= 15 is 0 Å². The van der Waals surface area contributed by atoms with Crippen LogP contribution in [0.3, 0.4) is 0 Å². The Kier molecular flexibility index (Phi) is 5.18. The minimum absolute atomic E-state index is 0.00825. The van der Waals surface area contributed by atoms with E-state index in [2.05, 4.69) is 10.6 Å². The maximum absolute atomic E-state index is 12.9. The molecular weight excluding hydrogens is 320 g/mol. The van der Waals surface area contributed by atoms with Gasteiger partial charge in [0.15, 0.2) is 18.2 Å². The molecule has 0 unspecified atom stereocenters. The van der Waals surface area contributed by atoms with E-state index in [9.17, 15) is 4.79 Å². The van der Waals surface area contributed by atoms with Crippen molar-refractivity contribution in [2.24, 2.45) is 5.16 Å². The molecule has 24 heavy (non-hydrogen) atoms. The molecule has 0 saturated carbocycles. The van der Waals surface area contributed by atoms with Crippen LogP contribution in [0.1, 0.15) is 10.5 Å². The second-order valence-corrected chi connectivity index (χ2v) is 5.14. The third kappa shape index (κ3) is 3.16. The molecule has 0 spiro atoms. The third-order valence-electron chi connectivity index (χ3n) is 3.60. The van der Waals surface area contributed by atoms with Crippen molar-refractivity contribution in [1.29, 1.82) is 0 Å². The highest BCUT2D eigenvalue weighted by atomic mass is 16.7. The summed E-state index contributed by atoms with van der Waals surface area (Å²) in [6.07, 6.45) is 1.47. The number of carbonyl (C=O) groups is 1. The number of aromatic nitrogens is 1. The number of hydrogen-bond donors (Lipinski definition) is 1. The SMILES string of the molecule is COCO/N=c1\ccn2c(c1OCOC)C(=O)N1CCOC[C@H]1N2. The summed E-state index contributed by atoms with van der Waals surface area (Å²) in [5.74, 6) is 0.106. The van der Waals surface area contributed by atoms with Crippen LogP contribution in [0, 0.1) is 0 Å². The molecule has 0 bridgehead atoms. The van der Waals surface area contributed by atoms with Crippen molar-refractivity contribution >= 4 is 5.91 Å². The number of nitrogens with one attached hydrogen (secondary N) is 1. The van der Waals surface area contributed by atoms with Crippen LogP contribution in [0.25, 0.3) is 0 Å². The predicted octanol–water partition coefficient (Wildman–Crippen LogP) is -0.737. The number of fused-ring (bicyclic) bond motifs is 2. The number of morpholine rings is 1. The zero-order chi connectivity index (χ0) is 16.9. The average Bonchev–Trinajstić information content (AvgIpc) is 2.61. The molecule has 132 valence electrons. The molecule has 1 aromatic heterocycles. The van der Waals surface area contributed by atoms with Gasteiger partial charge in [0.2, 0.25) is 6.79 Å². The molecule has 3 rings (SSSR count). The monoisotopic (exact) mass is 340 g/mol. The highest BCUT2D eigenvalue weighted by molar-refractivity contribution is 5.96. The van der Waals surface area contributed by atoms with Crippen LogP contribution in [-0.4, -0.2) is 69.2 Å². The molecule has 0 radical (unpaired) electrons. The Morgan fingerprint density at radius 2 is 2.21 bits per heavy atom. The summed E-state index contributed by atoms with van der Waals surface area (Å²) in [5, 5.41) is 4.33. The van der Waals surface area contributed by atoms with E-state index in [1.165, 1.54) is 14.2 Å². The first-order chi connectivity index (χ1) is 11.8. The zero-order valence-corrected chi connectivity index (χ0v) is 13.6. The number of nitrogens with zero attached hydrogens (tertiary/aromatic N) is 3. The van der Waals surface area contributed by atoms with Crippen molar-refractivity contribution in [3.05, 3.63) is 23.3 Å². The molecular formula is C14H20N4O6. The van der Waals surface area contributed by atoms with Crippen LogP contribution < -0.4 is 15.5 Å². The number of methoxy groups -OCH3 is 2. The highest BCUT2D eigenvalue weighted by Gasteiger charge is 2.36. The molecule has 1 fully saturated rings. The van der Waals surface area contributed by atoms with Gasteiger partial charge in [-0.15, -0.1) is 0 Å². The predicted molar refractivity (Wildman–Crippen MR) is 80.5 cm³/mol. The Morgan fingerprint density at radius 1 is 1.38 bits per heavy atom. The molecule has 1 saturated heterocycles. The molecule has 10 nitrogen and oxygen atoms in total. The number of ether oxygens (including phenoxy) is 4. The lowest BCUT2D eigenvalue weighted by atomic mass is 10.2. The lowest BCUT2D eigenvalue weighted by Gasteiger charge is -2.41. The van der Waals surface area contributed by atoms with Gasteiger partial charge in [0.1, 0.15) is 11.5 Å². The molecule has 2 aliphatic rings. The van der Waals surface area contributed by atoms with Crippen LogP contribution in [0.2, 0.25) is 0 Å². The van der Waals surface area contributed by atoms with Gasteiger partial charge in [0.05, 0.1) is 13.2 Å². The van der Waals surface area contributed by atoms with Crippen molar-refractivity contribution in [3.8, 4) is 5.75 Å². The largest absolute Gasteiger partial charge is 0.463 e. The zero-order valence-electron chi connectivity index (χ0n) is 13.6. The summed E-state index contributed by atoms with van der Waals surface area (Å²) >= 11 is 0. The van der Waals surface area contributed by atoms with E-state index in [4.69, 9.17) is 23.8 Å². The van der Waals surface area contributed by atoms with Crippen LogP contribution in [0.5, 0.6) is 5.75 Å². The van der Waals surface area contributed by atoms with E-state index in [0.29, 0.717) is 30.8 Å². The normalized spacial score (nSPS) is 20.2. The number of carbonyl (C=O) groups excluding carboxylic acids is 1. The first-order valence-corrected chi connectivity index (χ1v) is 7.44. The molecule has 1 atom stereocenters. The summed E-state index contributed by atoms with van der Waals surface area (Å²) in [4.78, 5) is 19.6. The van der Waals surface area contributed by atoms with E-state index in [1.807, 2.05) is 0 Å². The van der Waals surface area contributed by atoms with Gasteiger partial charge in [-0.3, -0.25) is 9.47 Å². The van der Waals surface area contributed by atoms with E-state index < -0.39 is 0 Å². The minimum atomic E-state index is -0.216. The molecule has 10 heteroatoms. The molecule has 1 N–H and O–H groups in total. The number of amides is 1. The Morgan fingerprint density at radius 3 is 3.00 bits per heavy atom. The minimum Gasteiger partial charge on any atom is -0.463 e. The van der Waals surface area contributed by atoms with E-state index in [0.717, 1.165) is 0 Å². The fraction of sp³-hybridized carbons (Fsp3) is 0.571. The summed E-state index contributed by atoms with van der Waals surface area (Å²) in [7, 11) is 2.99. The topological polar surface area (TPSA) is 95.8 Å². The van der Waals surface area contributed by atoms with Crippen LogP contribution in [0.15, 0.2) is 17.4 Å². The average molecular weight is 340 g/mol. The Balaban J connectivity index is 2.02. The maximum atomic E-state index is 12.9. The van der Waals surface area contributed by atoms with Gasteiger partial charge in [0, 0.05) is 27.0 Å². The molecule has 2 aliphatic heterocycles. The van der Waals surface area contributed by atoms with Gasteiger partial charge < -0.3 is 34.1 Å². The van der Waals surface area contributed by atoms with Crippen LogP contribution in [0.4, 0.5) is 0 Å². The number of pyridine rings is 1. The lowest BCUT2D eigenvalue weighted by molar-refractivity contribution is -0.0339. The van der Waals surface area contributed by atoms with Gasteiger partial charge >= 0.3 is 0 Å². The smallest absolute Gasteiger partial charge is 0.278 e. The summed E-state index contributed by atoms with van der Waals surface area (Å²) < 4.78 is 22.4. The highest BCUT2D eigenvalue weighted by Crippen LogP contribution is 2.22. The number of hydrogen-bond acceptors (Lipinski definition) is 8. The first-order valence-electron chi connectivity index (χ1n) is 7.44. The van der Waals surface area contributed by atoms with Crippen molar-refractivity contribution in [2.45, 2.75) is 6.17 Å². The van der Waals surface area contributed by atoms with Crippen molar-refractivity contribution in [2.75, 3.05) is 53.0 Å². The summed E-state index contributed by atoms with van der Waals surface area (Å²) in [6.45, 7) is 1.39. The molecule has 1 aromatic rings. The summed E-state index contributed by atoms with van der Waals surface area (Å²) in [6, 6.07) is 1.67.